The molecule has 2 saturated heterocycles. The zero-order valence-corrected chi connectivity index (χ0v) is 11.6. The van der Waals surface area contributed by atoms with E-state index in [0.29, 0.717) is 19.0 Å². The highest BCUT2D eigenvalue weighted by atomic mass is 16.2. The number of rotatable bonds is 1. The first-order chi connectivity index (χ1) is 9.27. The van der Waals surface area contributed by atoms with Crippen LogP contribution in [0.4, 0.5) is 0 Å². The molecular formula is C15H24N2O2. The monoisotopic (exact) mass is 264 g/mol. The summed E-state index contributed by atoms with van der Waals surface area (Å²) in [5.74, 6) is 0.425. The van der Waals surface area contributed by atoms with Crippen molar-refractivity contribution in [2.75, 3.05) is 13.1 Å². The van der Waals surface area contributed by atoms with Gasteiger partial charge in [0.05, 0.1) is 0 Å². The van der Waals surface area contributed by atoms with Gasteiger partial charge in [0, 0.05) is 25.6 Å². The minimum absolute atomic E-state index is 0.148. The van der Waals surface area contributed by atoms with Gasteiger partial charge in [0.25, 0.3) is 0 Å². The average Bonchev–Trinajstić information content (AvgIpc) is 2.59. The van der Waals surface area contributed by atoms with Gasteiger partial charge in [0.15, 0.2) is 0 Å². The maximum atomic E-state index is 12.8. The number of carbonyl (C=O) groups is 2. The highest BCUT2D eigenvalue weighted by Gasteiger charge is 2.39. The molecule has 1 atom stereocenters. The summed E-state index contributed by atoms with van der Waals surface area (Å²) in [4.78, 5) is 28.8. The molecular weight excluding hydrogens is 240 g/mol. The molecule has 0 radical (unpaired) electrons. The summed E-state index contributed by atoms with van der Waals surface area (Å²) in [6.07, 6.45) is 9.56. The normalized spacial score (nSPS) is 30.2. The molecule has 0 aromatic rings. The van der Waals surface area contributed by atoms with Gasteiger partial charge in [0.2, 0.25) is 11.8 Å². The number of carbonyl (C=O) groups excluding carboxylic acids is 2. The molecule has 0 aromatic carbocycles. The summed E-state index contributed by atoms with van der Waals surface area (Å²) in [5, 5.41) is 0. The molecule has 1 unspecified atom stereocenters. The quantitative estimate of drug-likeness (QED) is 0.726. The molecule has 0 spiro atoms. The summed E-state index contributed by atoms with van der Waals surface area (Å²) >= 11 is 0. The number of fused-ring (bicyclic) bond motifs is 1. The molecule has 2 heterocycles. The smallest absolute Gasteiger partial charge is 0.245 e. The summed E-state index contributed by atoms with van der Waals surface area (Å²) in [7, 11) is 0. The van der Waals surface area contributed by atoms with Crippen LogP contribution in [0, 0.1) is 0 Å². The summed E-state index contributed by atoms with van der Waals surface area (Å²) < 4.78 is 0. The number of hydrogen-bond acceptors (Lipinski definition) is 2. The topological polar surface area (TPSA) is 40.6 Å². The Kier molecular flexibility index (Phi) is 3.76. The first kappa shape index (κ1) is 12.9. The summed E-state index contributed by atoms with van der Waals surface area (Å²) in [6, 6.07) is 0.251. The summed E-state index contributed by atoms with van der Waals surface area (Å²) in [6.45, 7) is 1.43. The van der Waals surface area contributed by atoms with Crippen molar-refractivity contribution in [1.29, 1.82) is 0 Å². The highest BCUT2D eigenvalue weighted by Crippen LogP contribution is 2.28. The first-order valence-corrected chi connectivity index (χ1v) is 7.87. The SMILES string of the molecule is O=C1C2CCCCN2C(=O)CCN1C1CCCCC1. The third-order valence-electron chi connectivity index (χ3n) is 4.97. The minimum atomic E-state index is -0.148. The van der Waals surface area contributed by atoms with E-state index in [-0.39, 0.29) is 17.9 Å². The molecule has 4 nitrogen and oxygen atoms in total. The van der Waals surface area contributed by atoms with Gasteiger partial charge >= 0.3 is 0 Å². The lowest BCUT2D eigenvalue weighted by atomic mass is 9.93. The van der Waals surface area contributed by atoms with E-state index in [1.807, 2.05) is 9.80 Å². The van der Waals surface area contributed by atoms with Gasteiger partial charge in [0.1, 0.15) is 6.04 Å². The zero-order valence-electron chi connectivity index (χ0n) is 11.6. The lowest BCUT2D eigenvalue weighted by molar-refractivity contribution is -0.144. The molecule has 2 aliphatic heterocycles. The molecule has 106 valence electrons. The van der Waals surface area contributed by atoms with Crippen LogP contribution in [0.15, 0.2) is 0 Å². The summed E-state index contributed by atoms with van der Waals surface area (Å²) in [5.41, 5.74) is 0. The highest BCUT2D eigenvalue weighted by molar-refractivity contribution is 5.90. The molecule has 2 amide bonds. The molecule has 4 heteroatoms. The van der Waals surface area contributed by atoms with Crippen LogP contribution in [0.3, 0.4) is 0 Å². The van der Waals surface area contributed by atoms with Gasteiger partial charge < -0.3 is 9.80 Å². The predicted octanol–water partition coefficient (Wildman–Crippen LogP) is 1.93. The van der Waals surface area contributed by atoms with Crippen molar-refractivity contribution in [3.63, 3.8) is 0 Å². The van der Waals surface area contributed by atoms with Gasteiger partial charge in [-0.15, -0.1) is 0 Å². The standard InChI is InChI=1S/C15H24N2O2/c18-14-9-11-16(12-6-2-1-3-7-12)15(19)13-8-4-5-10-17(13)14/h12-13H,1-11H2. The Morgan fingerprint density at radius 3 is 2.32 bits per heavy atom. The molecule has 3 rings (SSSR count). The number of nitrogens with zero attached hydrogens (tertiary/aromatic N) is 2. The van der Waals surface area contributed by atoms with Gasteiger partial charge in [-0.25, -0.2) is 0 Å². The van der Waals surface area contributed by atoms with E-state index in [0.717, 1.165) is 38.6 Å². The molecule has 1 saturated carbocycles. The van der Waals surface area contributed by atoms with E-state index in [9.17, 15) is 9.59 Å². The van der Waals surface area contributed by atoms with Crippen LogP contribution in [-0.4, -0.2) is 46.8 Å². The maximum Gasteiger partial charge on any atom is 0.245 e. The van der Waals surface area contributed by atoms with Crippen molar-refractivity contribution in [1.82, 2.24) is 9.80 Å². The fraction of sp³-hybridized carbons (Fsp3) is 0.867. The van der Waals surface area contributed by atoms with Crippen LogP contribution in [0.2, 0.25) is 0 Å². The third-order valence-corrected chi connectivity index (χ3v) is 4.97. The fourth-order valence-corrected chi connectivity index (χ4v) is 3.90. The zero-order chi connectivity index (χ0) is 13.2. The van der Waals surface area contributed by atoms with Gasteiger partial charge in [-0.3, -0.25) is 9.59 Å². The second-order valence-electron chi connectivity index (χ2n) is 6.17. The van der Waals surface area contributed by atoms with Crippen LogP contribution in [0.1, 0.15) is 57.8 Å². The third kappa shape index (κ3) is 2.49. The number of piperidine rings is 1. The number of amides is 2. The predicted molar refractivity (Wildman–Crippen MR) is 72.6 cm³/mol. The molecule has 0 bridgehead atoms. The molecule has 1 aliphatic carbocycles. The Balaban J connectivity index is 1.78. The Labute approximate surface area is 115 Å². The second-order valence-corrected chi connectivity index (χ2v) is 6.17. The molecule has 19 heavy (non-hydrogen) atoms. The Hall–Kier alpha value is -1.06. The lowest BCUT2D eigenvalue weighted by Gasteiger charge is -2.38. The van der Waals surface area contributed by atoms with Crippen LogP contribution in [0.25, 0.3) is 0 Å². The number of hydrogen-bond donors (Lipinski definition) is 0. The Morgan fingerprint density at radius 1 is 0.789 bits per heavy atom. The van der Waals surface area contributed by atoms with Crippen LogP contribution < -0.4 is 0 Å². The van der Waals surface area contributed by atoms with Gasteiger partial charge in [-0.05, 0) is 32.1 Å². The van der Waals surface area contributed by atoms with E-state index >= 15 is 0 Å². The van der Waals surface area contributed by atoms with Crippen molar-refractivity contribution in [3.8, 4) is 0 Å². The molecule has 0 N–H and O–H groups in total. The van der Waals surface area contributed by atoms with E-state index in [1.54, 1.807) is 0 Å². The van der Waals surface area contributed by atoms with E-state index in [2.05, 4.69) is 0 Å². The van der Waals surface area contributed by atoms with Crippen molar-refractivity contribution in [3.05, 3.63) is 0 Å². The first-order valence-electron chi connectivity index (χ1n) is 7.87. The molecule has 3 fully saturated rings. The molecule has 0 aromatic heterocycles. The van der Waals surface area contributed by atoms with E-state index in [4.69, 9.17) is 0 Å². The van der Waals surface area contributed by atoms with E-state index in [1.165, 1.54) is 19.3 Å². The minimum Gasteiger partial charge on any atom is -0.337 e. The molecule has 3 aliphatic rings. The Bertz CT molecular complexity index is 363. The van der Waals surface area contributed by atoms with Gasteiger partial charge in [-0.1, -0.05) is 19.3 Å². The second kappa shape index (κ2) is 5.51. The van der Waals surface area contributed by atoms with Crippen LogP contribution in [-0.2, 0) is 9.59 Å². The van der Waals surface area contributed by atoms with Crippen molar-refractivity contribution >= 4 is 11.8 Å². The van der Waals surface area contributed by atoms with E-state index < -0.39 is 0 Å². The van der Waals surface area contributed by atoms with Crippen molar-refractivity contribution in [2.45, 2.75) is 69.9 Å². The average molecular weight is 264 g/mol. The van der Waals surface area contributed by atoms with Gasteiger partial charge in [-0.2, -0.15) is 0 Å². The van der Waals surface area contributed by atoms with Crippen molar-refractivity contribution in [2.24, 2.45) is 0 Å². The maximum absolute atomic E-state index is 12.8. The van der Waals surface area contributed by atoms with Crippen LogP contribution >= 0.6 is 0 Å². The Morgan fingerprint density at radius 2 is 1.53 bits per heavy atom. The van der Waals surface area contributed by atoms with Crippen LogP contribution in [0.5, 0.6) is 0 Å². The largest absolute Gasteiger partial charge is 0.337 e. The lowest BCUT2D eigenvalue weighted by Crippen LogP contribution is -2.52. The van der Waals surface area contributed by atoms with Crippen molar-refractivity contribution < 1.29 is 9.59 Å². The fourth-order valence-electron chi connectivity index (χ4n) is 3.90.